The van der Waals surface area contributed by atoms with E-state index in [0.29, 0.717) is 51.6 Å². The molecule has 8 nitrogen and oxygen atoms in total. The summed E-state index contributed by atoms with van der Waals surface area (Å²) in [4.78, 5) is 29.6. The maximum absolute atomic E-state index is 14.1. The Bertz CT molecular complexity index is 1800. The molecule has 0 spiro atoms. The van der Waals surface area contributed by atoms with Crippen LogP contribution in [0.3, 0.4) is 0 Å². The van der Waals surface area contributed by atoms with Gasteiger partial charge in [0, 0.05) is 58.3 Å². The zero-order chi connectivity index (χ0) is 29.0. The minimum absolute atomic E-state index is 0.00839. The number of benzene rings is 1. The Balaban J connectivity index is 1.24. The summed E-state index contributed by atoms with van der Waals surface area (Å²) in [5, 5.41) is 7.94. The van der Waals surface area contributed by atoms with Crippen LogP contribution in [0.15, 0.2) is 55.2 Å². The number of H-pyrrole nitrogens is 1. The molecule has 12 heteroatoms. The topological polar surface area (TPSA) is 101 Å². The minimum Gasteiger partial charge on any atom is -0.346 e. The molecule has 5 aromatic rings. The van der Waals surface area contributed by atoms with Gasteiger partial charge in [0.2, 0.25) is 5.91 Å². The fraction of sp³-hybridized carbons (Fsp3) is 0.300. The lowest BCUT2D eigenvalue weighted by Gasteiger charge is -2.22. The molecule has 2 aliphatic carbocycles. The van der Waals surface area contributed by atoms with Crippen LogP contribution in [-0.4, -0.2) is 35.6 Å². The zero-order valence-corrected chi connectivity index (χ0v) is 22.2. The number of hydrogen-bond acceptors (Lipinski definition) is 5. The molecule has 42 heavy (non-hydrogen) atoms. The lowest BCUT2D eigenvalue weighted by atomic mass is 9.95. The van der Waals surface area contributed by atoms with Crippen molar-refractivity contribution in [3.63, 3.8) is 0 Å². The van der Waals surface area contributed by atoms with Crippen LogP contribution >= 0.6 is 0 Å². The van der Waals surface area contributed by atoms with Gasteiger partial charge in [-0.3, -0.25) is 9.48 Å². The first-order valence-corrected chi connectivity index (χ1v) is 13.7. The molecule has 0 aliphatic heterocycles. The summed E-state index contributed by atoms with van der Waals surface area (Å²) >= 11 is 0. The highest BCUT2D eigenvalue weighted by molar-refractivity contribution is 5.82. The molecule has 3 atom stereocenters. The molecule has 2 aliphatic rings. The molecule has 0 bridgehead atoms. The molecule has 0 saturated heterocycles. The van der Waals surface area contributed by atoms with Gasteiger partial charge in [-0.2, -0.15) is 5.10 Å². The average Bonchev–Trinajstić information content (AvgIpc) is 3.43. The minimum atomic E-state index is -2.73. The lowest BCUT2D eigenvalue weighted by Crippen LogP contribution is -2.34. The summed E-state index contributed by atoms with van der Waals surface area (Å²) < 4.78 is 57.3. The Labute approximate surface area is 237 Å². The Hall–Kier alpha value is -4.61. The number of rotatable bonds is 8. The fourth-order valence-corrected chi connectivity index (χ4v) is 6.21. The maximum atomic E-state index is 14.1. The van der Waals surface area contributed by atoms with Crippen LogP contribution in [0.25, 0.3) is 22.2 Å². The summed E-state index contributed by atoms with van der Waals surface area (Å²) in [6, 6.07) is 6.10. The second kappa shape index (κ2) is 10.3. The molecular formula is C30H25F4N7O. The molecule has 1 aromatic carbocycles. The first-order valence-electron chi connectivity index (χ1n) is 13.7. The van der Waals surface area contributed by atoms with Gasteiger partial charge in [0.15, 0.2) is 0 Å². The predicted molar refractivity (Wildman–Crippen MR) is 144 cm³/mol. The lowest BCUT2D eigenvalue weighted by molar-refractivity contribution is -0.122. The van der Waals surface area contributed by atoms with Crippen LogP contribution in [0.5, 0.6) is 0 Å². The van der Waals surface area contributed by atoms with E-state index in [-0.39, 0.29) is 24.6 Å². The quantitative estimate of drug-likeness (QED) is 0.235. The van der Waals surface area contributed by atoms with Crippen molar-refractivity contribution < 1.29 is 22.4 Å². The van der Waals surface area contributed by atoms with E-state index >= 15 is 0 Å². The molecule has 4 aromatic heterocycles. The van der Waals surface area contributed by atoms with E-state index in [1.807, 2.05) is 12.1 Å². The van der Waals surface area contributed by atoms with Crippen molar-refractivity contribution in [2.75, 3.05) is 0 Å². The fourth-order valence-electron chi connectivity index (χ4n) is 6.21. The van der Waals surface area contributed by atoms with Gasteiger partial charge >= 0.3 is 0 Å². The first-order chi connectivity index (χ1) is 20.3. The van der Waals surface area contributed by atoms with Crippen LogP contribution in [-0.2, 0) is 24.2 Å². The van der Waals surface area contributed by atoms with E-state index in [1.165, 1.54) is 23.1 Å². The predicted octanol–water partition coefficient (Wildman–Crippen LogP) is 5.58. The second-order valence-electron chi connectivity index (χ2n) is 10.9. The second-order valence-corrected chi connectivity index (χ2v) is 10.9. The van der Waals surface area contributed by atoms with E-state index in [0.717, 1.165) is 24.3 Å². The van der Waals surface area contributed by atoms with Gasteiger partial charge in [0.1, 0.15) is 35.8 Å². The molecule has 4 heterocycles. The van der Waals surface area contributed by atoms with E-state index in [4.69, 9.17) is 0 Å². The Kier molecular flexibility index (Phi) is 6.47. The van der Waals surface area contributed by atoms with Crippen LogP contribution < -0.4 is 5.32 Å². The van der Waals surface area contributed by atoms with Gasteiger partial charge in [0.05, 0.1) is 11.7 Å². The normalized spacial score (nSPS) is 18.1. The molecule has 1 saturated carbocycles. The summed E-state index contributed by atoms with van der Waals surface area (Å²) in [6.07, 6.45) is 5.89. The van der Waals surface area contributed by atoms with Gasteiger partial charge in [-0.25, -0.2) is 32.5 Å². The van der Waals surface area contributed by atoms with Crippen molar-refractivity contribution in [1.29, 1.82) is 0 Å². The highest BCUT2D eigenvalue weighted by Gasteiger charge is 2.46. The van der Waals surface area contributed by atoms with Crippen molar-refractivity contribution in [3.05, 3.63) is 95.1 Å². The third-order valence-electron chi connectivity index (χ3n) is 8.15. The molecule has 0 unspecified atom stereocenters. The zero-order valence-electron chi connectivity index (χ0n) is 22.2. The number of fused-ring (bicyclic) bond motifs is 4. The molecule has 2 N–H and O–H groups in total. The summed E-state index contributed by atoms with van der Waals surface area (Å²) in [5.41, 5.74) is 3.68. The molecular weight excluding hydrogens is 550 g/mol. The number of carbonyl (C=O) groups excluding carboxylic acids is 1. The number of aromatic nitrogens is 6. The standard InChI is InChI=1S/C30H25F4N7O/c31-19-5-15(6-20(32)10-19)7-24(26-23(12-35-14-38-26)18-8-17-3-4-36-30(17)37-11-18)39-25(42)13-41-28-21(27(40-41)29(33)34)2-1-16-9-22(16)28/h3-6,8,10-12,14,16,22,24,29H,1-2,7,9,13H2,(H,36,37)(H,39,42)/t16-,22+,24-/m0/s1. The van der Waals surface area contributed by atoms with E-state index in [9.17, 15) is 22.4 Å². The number of nitrogens with zero attached hydrogens (tertiary/aromatic N) is 5. The van der Waals surface area contributed by atoms with Gasteiger partial charge in [-0.05, 0) is 61.4 Å². The van der Waals surface area contributed by atoms with Crippen molar-refractivity contribution >= 4 is 16.9 Å². The third kappa shape index (κ3) is 4.90. The van der Waals surface area contributed by atoms with Crippen LogP contribution in [0.1, 0.15) is 59.4 Å². The Morgan fingerprint density at radius 3 is 2.74 bits per heavy atom. The number of aromatic amines is 1. The number of nitrogens with one attached hydrogen (secondary N) is 2. The molecule has 214 valence electrons. The first kappa shape index (κ1) is 26.3. The maximum Gasteiger partial charge on any atom is 0.282 e. The summed E-state index contributed by atoms with van der Waals surface area (Å²) in [7, 11) is 0. The largest absolute Gasteiger partial charge is 0.346 e. The monoisotopic (exact) mass is 575 g/mol. The molecule has 7 rings (SSSR count). The summed E-state index contributed by atoms with van der Waals surface area (Å²) in [5.74, 6) is -1.42. The number of pyridine rings is 1. The SMILES string of the molecule is O=C(Cn1nc(C(F)F)c2c1[C@@H]1C[C@@H]1CC2)N[C@@H](Cc1cc(F)cc(F)c1)c1ncncc1-c1cnc2[nH]ccc2c1. The number of halogens is 4. The number of alkyl halides is 2. The average molecular weight is 576 g/mol. The van der Waals surface area contributed by atoms with Crippen LogP contribution in [0, 0.1) is 17.6 Å². The third-order valence-corrected chi connectivity index (χ3v) is 8.15. The van der Waals surface area contributed by atoms with E-state index in [2.05, 4.69) is 30.4 Å². The van der Waals surface area contributed by atoms with Gasteiger partial charge < -0.3 is 10.3 Å². The summed E-state index contributed by atoms with van der Waals surface area (Å²) in [6.45, 7) is -0.274. The molecule has 0 radical (unpaired) electrons. The van der Waals surface area contributed by atoms with Crippen molar-refractivity contribution in [3.8, 4) is 11.1 Å². The molecule has 1 amide bonds. The van der Waals surface area contributed by atoms with Gasteiger partial charge in [0.25, 0.3) is 6.43 Å². The molecule has 1 fully saturated rings. The Morgan fingerprint density at radius 2 is 1.93 bits per heavy atom. The van der Waals surface area contributed by atoms with Gasteiger partial charge in [-0.15, -0.1) is 0 Å². The van der Waals surface area contributed by atoms with Crippen LogP contribution in [0.4, 0.5) is 17.6 Å². The Morgan fingerprint density at radius 1 is 1.10 bits per heavy atom. The smallest absolute Gasteiger partial charge is 0.282 e. The van der Waals surface area contributed by atoms with E-state index < -0.39 is 30.0 Å². The van der Waals surface area contributed by atoms with E-state index in [1.54, 1.807) is 18.6 Å². The number of carbonyl (C=O) groups is 1. The highest BCUT2D eigenvalue weighted by atomic mass is 19.3. The highest BCUT2D eigenvalue weighted by Crippen LogP contribution is 2.55. The van der Waals surface area contributed by atoms with Crippen molar-refractivity contribution in [2.45, 2.75) is 50.6 Å². The number of hydrogen-bond donors (Lipinski definition) is 2. The number of amides is 1. The van der Waals surface area contributed by atoms with Crippen molar-refractivity contribution in [1.82, 2.24) is 35.0 Å². The van der Waals surface area contributed by atoms with Crippen LogP contribution in [0.2, 0.25) is 0 Å². The van der Waals surface area contributed by atoms with Crippen molar-refractivity contribution in [2.24, 2.45) is 5.92 Å². The van der Waals surface area contributed by atoms with Gasteiger partial charge in [-0.1, -0.05) is 0 Å².